The van der Waals surface area contributed by atoms with Crippen LogP contribution in [0.1, 0.15) is 10.4 Å². The molecule has 0 radical (unpaired) electrons. The third-order valence-electron chi connectivity index (χ3n) is 5.42. The highest BCUT2D eigenvalue weighted by Crippen LogP contribution is 2.25. The molecule has 0 aliphatic carbocycles. The number of carbonyl (C=O) groups excluding carboxylic acids is 2. The second-order valence-electron chi connectivity index (χ2n) is 7.67. The van der Waals surface area contributed by atoms with Crippen LogP contribution in [0.4, 0.5) is 0 Å². The second-order valence-corrected chi connectivity index (χ2v) is 7.67. The van der Waals surface area contributed by atoms with Gasteiger partial charge in [0.1, 0.15) is 0 Å². The maximum Gasteiger partial charge on any atom is 0.254 e. The van der Waals surface area contributed by atoms with E-state index in [1.165, 1.54) is 0 Å². The smallest absolute Gasteiger partial charge is 0.254 e. The average molecular weight is 403 g/mol. The van der Waals surface area contributed by atoms with Crippen LogP contribution in [-0.4, -0.2) is 83.3 Å². The van der Waals surface area contributed by atoms with E-state index in [9.17, 15) is 9.59 Å². The van der Waals surface area contributed by atoms with Crippen molar-refractivity contribution in [3.8, 4) is 11.3 Å². The molecule has 1 aliphatic heterocycles. The molecular weight excluding hydrogens is 378 g/mol. The fourth-order valence-electron chi connectivity index (χ4n) is 3.63. The molecule has 2 aromatic heterocycles. The molecule has 0 spiro atoms. The van der Waals surface area contributed by atoms with Crippen LogP contribution in [0.3, 0.4) is 0 Å². The Hall–Kier alpha value is -3.32. The summed E-state index contributed by atoms with van der Waals surface area (Å²) in [4.78, 5) is 39.9. The number of piperazine rings is 1. The summed E-state index contributed by atoms with van der Waals surface area (Å²) in [7, 11) is 3.52. The molecule has 1 saturated heterocycles. The van der Waals surface area contributed by atoms with Gasteiger partial charge in [-0.1, -0.05) is 18.2 Å². The lowest BCUT2D eigenvalue weighted by Gasteiger charge is -2.35. The second kappa shape index (κ2) is 8.59. The molecule has 1 aromatic carbocycles. The molecule has 30 heavy (non-hydrogen) atoms. The first-order chi connectivity index (χ1) is 14.5. The Bertz CT molecular complexity index is 1060. The van der Waals surface area contributed by atoms with Crippen LogP contribution in [0.5, 0.6) is 0 Å². The van der Waals surface area contributed by atoms with Crippen molar-refractivity contribution in [1.29, 1.82) is 0 Å². The van der Waals surface area contributed by atoms with Crippen molar-refractivity contribution in [1.82, 2.24) is 24.7 Å². The SMILES string of the molecule is CN(C)C(=O)CN1CCN(C(=O)c2cc(-c3cccnc3)nc3ccccc23)CC1. The number of benzene rings is 1. The predicted octanol–water partition coefficient (Wildman–Crippen LogP) is 2.14. The first-order valence-electron chi connectivity index (χ1n) is 10.0. The number of hydrogen-bond acceptors (Lipinski definition) is 5. The highest BCUT2D eigenvalue weighted by molar-refractivity contribution is 6.07. The molecule has 0 unspecified atom stereocenters. The largest absolute Gasteiger partial charge is 0.348 e. The summed E-state index contributed by atoms with van der Waals surface area (Å²) in [6, 6.07) is 13.4. The number of carbonyl (C=O) groups is 2. The minimum Gasteiger partial charge on any atom is -0.348 e. The van der Waals surface area contributed by atoms with Gasteiger partial charge in [0.2, 0.25) is 5.91 Å². The summed E-state index contributed by atoms with van der Waals surface area (Å²) in [5.41, 5.74) is 3.05. The maximum atomic E-state index is 13.4. The lowest BCUT2D eigenvalue weighted by Crippen LogP contribution is -2.51. The Morgan fingerprint density at radius 3 is 2.50 bits per heavy atom. The molecule has 3 aromatic rings. The number of likely N-dealkylation sites (N-methyl/N-ethyl adjacent to an activating group) is 1. The Morgan fingerprint density at radius 2 is 1.80 bits per heavy atom. The van der Waals surface area contributed by atoms with E-state index in [0.29, 0.717) is 38.3 Å². The number of fused-ring (bicyclic) bond motifs is 1. The summed E-state index contributed by atoms with van der Waals surface area (Å²) < 4.78 is 0. The van der Waals surface area contributed by atoms with Gasteiger partial charge in [0.15, 0.2) is 0 Å². The van der Waals surface area contributed by atoms with E-state index in [-0.39, 0.29) is 11.8 Å². The molecule has 154 valence electrons. The van der Waals surface area contributed by atoms with Gasteiger partial charge in [-0.15, -0.1) is 0 Å². The van der Waals surface area contributed by atoms with Gasteiger partial charge in [-0.25, -0.2) is 4.98 Å². The zero-order valence-electron chi connectivity index (χ0n) is 17.3. The summed E-state index contributed by atoms with van der Waals surface area (Å²) in [6.45, 7) is 2.95. The molecule has 2 amide bonds. The van der Waals surface area contributed by atoms with Crippen molar-refractivity contribution in [3.05, 3.63) is 60.4 Å². The Kier molecular flexibility index (Phi) is 5.72. The van der Waals surface area contributed by atoms with Crippen molar-refractivity contribution in [3.63, 3.8) is 0 Å². The van der Waals surface area contributed by atoms with E-state index in [2.05, 4.69) is 9.88 Å². The summed E-state index contributed by atoms with van der Waals surface area (Å²) in [6.07, 6.45) is 3.48. The number of amides is 2. The fraction of sp³-hybridized carbons (Fsp3) is 0.304. The number of para-hydroxylation sites is 1. The molecule has 7 heteroatoms. The monoisotopic (exact) mass is 403 g/mol. The van der Waals surface area contributed by atoms with Gasteiger partial charge in [0.05, 0.1) is 23.3 Å². The van der Waals surface area contributed by atoms with E-state index in [1.54, 1.807) is 31.4 Å². The lowest BCUT2D eigenvalue weighted by atomic mass is 10.0. The highest BCUT2D eigenvalue weighted by Gasteiger charge is 2.25. The van der Waals surface area contributed by atoms with E-state index in [4.69, 9.17) is 4.98 Å². The van der Waals surface area contributed by atoms with E-state index in [0.717, 1.165) is 22.2 Å². The normalized spacial score (nSPS) is 14.7. The third-order valence-corrected chi connectivity index (χ3v) is 5.42. The van der Waals surface area contributed by atoms with E-state index >= 15 is 0 Å². The zero-order chi connectivity index (χ0) is 21.1. The highest BCUT2D eigenvalue weighted by atomic mass is 16.2. The topological polar surface area (TPSA) is 69.6 Å². The van der Waals surface area contributed by atoms with E-state index < -0.39 is 0 Å². The molecule has 4 rings (SSSR count). The van der Waals surface area contributed by atoms with Crippen LogP contribution in [-0.2, 0) is 4.79 Å². The molecule has 0 bridgehead atoms. The minimum atomic E-state index is -0.00248. The van der Waals surface area contributed by atoms with Gasteiger partial charge in [-0.05, 0) is 24.3 Å². The van der Waals surface area contributed by atoms with Crippen molar-refractivity contribution in [2.45, 2.75) is 0 Å². The number of aromatic nitrogens is 2. The Balaban J connectivity index is 1.58. The van der Waals surface area contributed by atoms with Gasteiger partial charge >= 0.3 is 0 Å². The first-order valence-corrected chi connectivity index (χ1v) is 10.0. The van der Waals surface area contributed by atoms with Crippen LogP contribution >= 0.6 is 0 Å². The van der Waals surface area contributed by atoms with Crippen LogP contribution in [0.15, 0.2) is 54.9 Å². The van der Waals surface area contributed by atoms with Gasteiger partial charge < -0.3 is 9.80 Å². The lowest BCUT2D eigenvalue weighted by molar-refractivity contribution is -0.130. The molecule has 1 aliphatic rings. The van der Waals surface area contributed by atoms with Crippen LogP contribution in [0, 0.1) is 0 Å². The van der Waals surface area contributed by atoms with Gasteiger partial charge in [-0.2, -0.15) is 0 Å². The molecular formula is C23H25N5O2. The van der Waals surface area contributed by atoms with Gasteiger partial charge in [-0.3, -0.25) is 19.5 Å². The quantitative estimate of drug-likeness (QED) is 0.668. The van der Waals surface area contributed by atoms with Crippen molar-refractivity contribution in [2.75, 3.05) is 46.8 Å². The number of rotatable bonds is 4. The zero-order valence-corrected chi connectivity index (χ0v) is 17.3. The maximum absolute atomic E-state index is 13.4. The summed E-state index contributed by atoms with van der Waals surface area (Å²) >= 11 is 0. The summed E-state index contributed by atoms with van der Waals surface area (Å²) in [5, 5.41) is 0.848. The number of hydrogen-bond donors (Lipinski definition) is 0. The molecule has 0 N–H and O–H groups in total. The first kappa shape index (κ1) is 20.0. The third kappa shape index (κ3) is 4.16. The molecule has 0 atom stereocenters. The van der Waals surface area contributed by atoms with Crippen molar-refractivity contribution in [2.24, 2.45) is 0 Å². The van der Waals surface area contributed by atoms with Crippen LogP contribution < -0.4 is 0 Å². The molecule has 3 heterocycles. The van der Waals surface area contributed by atoms with Gasteiger partial charge in [0.25, 0.3) is 5.91 Å². The Labute approximate surface area is 175 Å². The molecule has 7 nitrogen and oxygen atoms in total. The molecule has 0 saturated carbocycles. The fourth-order valence-corrected chi connectivity index (χ4v) is 3.63. The van der Waals surface area contributed by atoms with Crippen molar-refractivity contribution >= 4 is 22.7 Å². The van der Waals surface area contributed by atoms with Crippen LogP contribution in [0.25, 0.3) is 22.2 Å². The standard InChI is InChI=1S/C23H25N5O2/c1-26(2)22(29)16-27-10-12-28(13-11-27)23(30)19-14-21(17-6-5-9-24-15-17)25-20-8-4-3-7-18(19)20/h3-9,14-15H,10-13,16H2,1-2H3. The van der Waals surface area contributed by atoms with E-state index in [1.807, 2.05) is 47.4 Å². The average Bonchev–Trinajstić information content (AvgIpc) is 2.79. The minimum absolute atomic E-state index is 0.00248. The number of pyridine rings is 2. The van der Waals surface area contributed by atoms with Crippen LogP contribution in [0.2, 0.25) is 0 Å². The molecule has 1 fully saturated rings. The van der Waals surface area contributed by atoms with Gasteiger partial charge in [0, 0.05) is 63.6 Å². The Morgan fingerprint density at radius 1 is 1.03 bits per heavy atom. The summed E-state index contributed by atoms with van der Waals surface area (Å²) in [5.74, 6) is 0.0772. The predicted molar refractivity (Wildman–Crippen MR) is 116 cm³/mol. The number of nitrogens with zero attached hydrogens (tertiary/aromatic N) is 5. The van der Waals surface area contributed by atoms with Crippen molar-refractivity contribution < 1.29 is 9.59 Å².